The van der Waals surface area contributed by atoms with Gasteiger partial charge in [-0.1, -0.05) is 54.6 Å². The zero-order valence-corrected chi connectivity index (χ0v) is 16.5. The largest absolute Gasteiger partial charge is 0.491 e. The molecule has 1 amide bonds. The lowest BCUT2D eigenvalue weighted by Gasteiger charge is -2.16. The summed E-state index contributed by atoms with van der Waals surface area (Å²) in [5, 5.41) is 11.1. The number of hydrogen-bond acceptors (Lipinski definition) is 4. The Balaban J connectivity index is 1.89. The van der Waals surface area contributed by atoms with Gasteiger partial charge in [-0.3, -0.25) is 14.4 Å². The lowest BCUT2D eigenvalue weighted by atomic mass is 9.97. The molecule has 0 saturated heterocycles. The van der Waals surface area contributed by atoms with E-state index in [-0.39, 0.29) is 36.3 Å². The van der Waals surface area contributed by atoms with Crippen LogP contribution in [0.4, 0.5) is 10.1 Å². The van der Waals surface area contributed by atoms with Crippen LogP contribution in [0.3, 0.4) is 0 Å². The van der Waals surface area contributed by atoms with Gasteiger partial charge in [0.25, 0.3) is 5.91 Å². The van der Waals surface area contributed by atoms with Crippen molar-refractivity contribution in [3.8, 4) is 16.9 Å². The molecule has 31 heavy (non-hydrogen) atoms. The number of carbonyl (C=O) groups is 3. The van der Waals surface area contributed by atoms with E-state index in [9.17, 15) is 14.4 Å². The van der Waals surface area contributed by atoms with E-state index in [0.717, 1.165) is 11.1 Å². The maximum absolute atomic E-state index is 15.4. The van der Waals surface area contributed by atoms with Gasteiger partial charge in [0.15, 0.2) is 6.17 Å². The standard InChI is InChI=1S/C24H20FNO5/c25-24(18-8-4-7-17(13-18)16-5-2-1-3-6-16)19-9-10-20(26-22(28)15-27)21(14-19)31-12-11-23(29)30/h1-10,13-15,24H,11-12H2,(H,26,28)(H,29,30). The Morgan fingerprint density at radius 3 is 2.39 bits per heavy atom. The molecule has 0 fully saturated rings. The Hall–Kier alpha value is -4.00. The molecule has 0 spiro atoms. The molecule has 7 heteroatoms. The van der Waals surface area contributed by atoms with E-state index in [4.69, 9.17) is 9.84 Å². The Labute approximate surface area is 178 Å². The fourth-order valence-corrected chi connectivity index (χ4v) is 3.03. The Bertz CT molecular complexity index is 1080. The summed E-state index contributed by atoms with van der Waals surface area (Å²) in [5.74, 6) is -1.88. The number of rotatable bonds is 9. The van der Waals surface area contributed by atoms with Crippen molar-refractivity contribution in [2.45, 2.75) is 12.6 Å². The second-order valence-corrected chi connectivity index (χ2v) is 6.71. The summed E-state index contributed by atoms with van der Waals surface area (Å²) in [7, 11) is 0. The van der Waals surface area contributed by atoms with Gasteiger partial charge in [-0.05, 0) is 40.5 Å². The summed E-state index contributed by atoms with van der Waals surface area (Å²) < 4.78 is 20.8. The number of amides is 1. The summed E-state index contributed by atoms with van der Waals surface area (Å²) in [4.78, 5) is 32.8. The van der Waals surface area contributed by atoms with E-state index < -0.39 is 18.0 Å². The molecule has 0 aliphatic rings. The van der Waals surface area contributed by atoms with Crippen LogP contribution in [0.2, 0.25) is 0 Å². The van der Waals surface area contributed by atoms with Crippen molar-refractivity contribution in [3.63, 3.8) is 0 Å². The van der Waals surface area contributed by atoms with Crippen LogP contribution in [-0.2, 0) is 14.4 Å². The Kier molecular flexibility index (Phi) is 7.11. The lowest BCUT2D eigenvalue weighted by molar-refractivity contribution is -0.137. The number of carbonyl (C=O) groups excluding carboxylic acids is 2. The first kappa shape index (κ1) is 21.7. The first-order valence-electron chi connectivity index (χ1n) is 9.52. The molecule has 0 radical (unpaired) electrons. The topological polar surface area (TPSA) is 92.7 Å². The molecule has 0 bridgehead atoms. The van der Waals surface area contributed by atoms with Gasteiger partial charge >= 0.3 is 5.97 Å². The van der Waals surface area contributed by atoms with Gasteiger partial charge in [0.05, 0.1) is 18.7 Å². The van der Waals surface area contributed by atoms with Gasteiger partial charge in [-0.15, -0.1) is 0 Å². The number of aldehydes is 1. The number of carboxylic acid groups (broad SMARTS) is 1. The maximum atomic E-state index is 15.4. The monoisotopic (exact) mass is 421 g/mol. The quantitative estimate of drug-likeness (QED) is 0.395. The van der Waals surface area contributed by atoms with E-state index >= 15 is 4.39 Å². The Morgan fingerprint density at radius 1 is 0.968 bits per heavy atom. The molecule has 3 rings (SSSR count). The normalized spacial score (nSPS) is 11.4. The SMILES string of the molecule is O=CC(=O)Nc1ccc(C(F)c2cccc(-c3ccccc3)c2)cc1OCCC(=O)O. The number of hydrogen-bond donors (Lipinski definition) is 2. The van der Waals surface area contributed by atoms with Crippen molar-refractivity contribution in [1.29, 1.82) is 0 Å². The summed E-state index contributed by atoms with van der Waals surface area (Å²) in [6, 6.07) is 21.0. The molecule has 0 aliphatic heterocycles. The van der Waals surface area contributed by atoms with Crippen LogP contribution in [-0.4, -0.2) is 29.9 Å². The highest BCUT2D eigenvalue weighted by Crippen LogP contribution is 2.34. The third-order valence-electron chi connectivity index (χ3n) is 4.52. The maximum Gasteiger partial charge on any atom is 0.306 e. The van der Waals surface area contributed by atoms with Crippen LogP contribution < -0.4 is 10.1 Å². The molecule has 0 aromatic heterocycles. The molecule has 6 nitrogen and oxygen atoms in total. The number of nitrogens with one attached hydrogen (secondary N) is 1. The predicted molar refractivity (Wildman–Crippen MR) is 114 cm³/mol. The van der Waals surface area contributed by atoms with Crippen LogP contribution in [0.15, 0.2) is 72.8 Å². The highest BCUT2D eigenvalue weighted by molar-refractivity contribution is 6.29. The lowest BCUT2D eigenvalue weighted by Crippen LogP contribution is -2.14. The molecule has 0 saturated carbocycles. The number of alkyl halides is 1. The third-order valence-corrected chi connectivity index (χ3v) is 4.52. The van der Waals surface area contributed by atoms with E-state index in [0.29, 0.717) is 5.56 Å². The van der Waals surface area contributed by atoms with Gasteiger partial charge in [0.1, 0.15) is 5.75 Å². The number of halogens is 1. The van der Waals surface area contributed by atoms with Crippen molar-refractivity contribution in [1.82, 2.24) is 0 Å². The van der Waals surface area contributed by atoms with E-state index in [1.165, 1.54) is 18.2 Å². The second kappa shape index (κ2) is 10.2. The zero-order valence-electron chi connectivity index (χ0n) is 16.5. The summed E-state index contributed by atoms with van der Waals surface area (Å²) >= 11 is 0. The average Bonchev–Trinajstić information content (AvgIpc) is 2.80. The molecule has 3 aromatic rings. The highest BCUT2D eigenvalue weighted by atomic mass is 19.1. The fourth-order valence-electron chi connectivity index (χ4n) is 3.03. The first-order chi connectivity index (χ1) is 15.0. The molecule has 158 valence electrons. The molecule has 1 unspecified atom stereocenters. The summed E-state index contributed by atoms with van der Waals surface area (Å²) in [5.41, 5.74) is 2.67. The van der Waals surface area contributed by atoms with Crippen molar-refractivity contribution >= 4 is 23.9 Å². The van der Waals surface area contributed by atoms with Crippen LogP contribution in [0.5, 0.6) is 5.75 Å². The number of carboxylic acids is 1. The third kappa shape index (κ3) is 5.76. The molecule has 2 N–H and O–H groups in total. The van der Waals surface area contributed by atoms with Crippen LogP contribution in [0.1, 0.15) is 23.7 Å². The Morgan fingerprint density at radius 2 is 1.68 bits per heavy atom. The average molecular weight is 421 g/mol. The van der Waals surface area contributed by atoms with Gasteiger partial charge in [-0.2, -0.15) is 0 Å². The molecule has 0 aliphatic carbocycles. The minimum atomic E-state index is -1.48. The van der Waals surface area contributed by atoms with Crippen molar-refractivity contribution in [2.24, 2.45) is 0 Å². The van der Waals surface area contributed by atoms with E-state index in [2.05, 4.69) is 5.32 Å². The molecule has 0 heterocycles. The van der Waals surface area contributed by atoms with E-state index in [1.54, 1.807) is 18.2 Å². The predicted octanol–water partition coefficient (Wildman–Crippen LogP) is 4.40. The minimum Gasteiger partial charge on any atom is -0.491 e. The summed E-state index contributed by atoms with van der Waals surface area (Å²) in [6.45, 7) is -0.177. The van der Waals surface area contributed by atoms with Crippen molar-refractivity contribution in [2.75, 3.05) is 11.9 Å². The summed E-state index contributed by atoms with van der Waals surface area (Å²) in [6.07, 6.45) is -1.66. The number of anilines is 1. The minimum absolute atomic E-state index is 0.0795. The molecular weight excluding hydrogens is 401 g/mol. The second-order valence-electron chi connectivity index (χ2n) is 6.71. The van der Waals surface area contributed by atoms with Gasteiger partial charge in [0, 0.05) is 0 Å². The van der Waals surface area contributed by atoms with Crippen LogP contribution in [0.25, 0.3) is 11.1 Å². The number of ether oxygens (including phenoxy) is 1. The molecule has 3 aromatic carbocycles. The molecule has 1 atom stereocenters. The fraction of sp³-hybridized carbons (Fsp3) is 0.125. The van der Waals surface area contributed by atoms with Gasteiger partial charge in [-0.25, -0.2) is 4.39 Å². The first-order valence-corrected chi connectivity index (χ1v) is 9.52. The number of aliphatic carboxylic acids is 1. The smallest absolute Gasteiger partial charge is 0.306 e. The zero-order chi connectivity index (χ0) is 22.2. The van der Waals surface area contributed by atoms with Gasteiger partial charge < -0.3 is 15.2 Å². The van der Waals surface area contributed by atoms with Crippen molar-refractivity contribution in [3.05, 3.63) is 83.9 Å². The van der Waals surface area contributed by atoms with Crippen molar-refractivity contribution < 1.29 is 28.6 Å². The van der Waals surface area contributed by atoms with E-state index in [1.807, 2.05) is 36.4 Å². The van der Waals surface area contributed by atoms with Crippen LogP contribution >= 0.6 is 0 Å². The number of benzene rings is 3. The molecular formula is C24H20FNO5. The van der Waals surface area contributed by atoms with Crippen LogP contribution in [0, 0.1) is 0 Å². The van der Waals surface area contributed by atoms with Gasteiger partial charge in [0.2, 0.25) is 6.29 Å². The highest BCUT2D eigenvalue weighted by Gasteiger charge is 2.17.